The maximum Gasteiger partial charge on any atom is 0.306 e. The van der Waals surface area contributed by atoms with Crippen molar-refractivity contribution in [2.24, 2.45) is 0 Å². The molecule has 0 bridgehead atoms. The van der Waals surface area contributed by atoms with Crippen LogP contribution in [0.4, 0.5) is 0 Å². The fourth-order valence-electron chi connectivity index (χ4n) is 5.45. The second-order valence-corrected chi connectivity index (χ2v) is 13.7. The maximum absolute atomic E-state index is 12.2. The number of hydrogen-bond donors (Lipinski definition) is 1. The van der Waals surface area contributed by atoms with Crippen LogP contribution in [0, 0.1) is 0 Å². The van der Waals surface area contributed by atoms with Crippen molar-refractivity contribution >= 4 is 11.9 Å². The number of unbranched alkanes of at least 4 members (excludes halogenated alkanes) is 15. The van der Waals surface area contributed by atoms with Crippen molar-refractivity contribution < 1.29 is 24.2 Å². The molecule has 0 aromatic rings. The summed E-state index contributed by atoms with van der Waals surface area (Å²) in [5.41, 5.74) is 0. The Bertz CT molecular complexity index is 999. The quantitative estimate of drug-likeness (QED) is 0.0393. The zero-order valence-corrected chi connectivity index (χ0v) is 33.5. The lowest BCUT2D eigenvalue weighted by atomic mass is 10.1. The van der Waals surface area contributed by atoms with Gasteiger partial charge in [-0.25, -0.2) is 0 Å². The molecular formula is C47H78O5. The minimum atomic E-state index is -0.808. The number of carbonyl (C=O) groups is 2. The predicted molar refractivity (Wildman–Crippen MR) is 223 cm³/mol. The van der Waals surface area contributed by atoms with Crippen molar-refractivity contribution in [3.8, 4) is 0 Å². The molecule has 0 aliphatic rings. The van der Waals surface area contributed by atoms with E-state index in [1.165, 1.54) is 96.3 Å². The first-order valence-corrected chi connectivity index (χ1v) is 21.1. The minimum absolute atomic E-state index is 0.111. The fraction of sp³-hybridized carbons (Fsp3) is 0.660. The average Bonchev–Trinajstić information content (AvgIpc) is 3.15. The molecule has 0 aliphatic heterocycles. The van der Waals surface area contributed by atoms with Crippen molar-refractivity contribution in [2.75, 3.05) is 13.2 Å². The minimum Gasteiger partial charge on any atom is -0.462 e. The van der Waals surface area contributed by atoms with Crippen LogP contribution < -0.4 is 0 Å². The Balaban J connectivity index is 3.69. The van der Waals surface area contributed by atoms with Crippen molar-refractivity contribution in [3.63, 3.8) is 0 Å². The monoisotopic (exact) mass is 723 g/mol. The van der Waals surface area contributed by atoms with E-state index >= 15 is 0 Å². The molecular weight excluding hydrogens is 645 g/mol. The van der Waals surface area contributed by atoms with Gasteiger partial charge in [-0.15, -0.1) is 0 Å². The Kier molecular flexibility index (Phi) is 40.1. The first-order valence-electron chi connectivity index (χ1n) is 21.1. The van der Waals surface area contributed by atoms with Crippen LogP contribution in [0.3, 0.4) is 0 Å². The zero-order chi connectivity index (χ0) is 37.8. The van der Waals surface area contributed by atoms with Gasteiger partial charge >= 0.3 is 11.9 Å². The molecule has 5 heteroatoms. The predicted octanol–water partition coefficient (Wildman–Crippen LogP) is 13.5. The molecule has 0 spiro atoms. The SMILES string of the molecule is CCCCCC=CCC=CCC=CCC=CCC=CCCC(=O)OCC(CO)OC(=O)CCCCCCCCCCCC=CCC=CCCCCC. The largest absolute Gasteiger partial charge is 0.462 e. The van der Waals surface area contributed by atoms with Gasteiger partial charge in [0.1, 0.15) is 6.61 Å². The molecule has 0 aliphatic carbocycles. The Morgan fingerprint density at radius 1 is 0.442 bits per heavy atom. The zero-order valence-electron chi connectivity index (χ0n) is 33.5. The van der Waals surface area contributed by atoms with E-state index in [1.54, 1.807) is 0 Å². The van der Waals surface area contributed by atoms with Gasteiger partial charge in [-0.3, -0.25) is 9.59 Å². The van der Waals surface area contributed by atoms with Gasteiger partial charge in [0.2, 0.25) is 0 Å². The number of allylic oxidation sites excluding steroid dienone is 14. The summed E-state index contributed by atoms with van der Waals surface area (Å²) < 4.78 is 10.6. The van der Waals surface area contributed by atoms with Crippen LogP contribution in [0.2, 0.25) is 0 Å². The fourth-order valence-corrected chi connectivity index (χ4v) is 5.45. The molecule has 1 N–H and O–H groups in total. The van der Waals surface area contributed by atoms with Crippen molar-refractivity contribution in [2.45, 2.75) is 187 Å². The molecule has 0 radical (unpaired) electrons. The van der Waals surface area contributed by atoms with Gasteiger partial charge < -0.3 is 14.6 Å². The van der Waals surface area contributed by atoms with E-state index in [0.717, 1.165) is 51.4 Å². The number of aliphatic hydroxyl groups is 1. The normalized spacial score (nSPS) is 13.1. The van der Waals surface area contributed by atoms with Crippen molar-refractivity contribution in [1.29, 1.82) is 0 Å². The second kappa shape index (κ2) is 42.5. The highest BCUT2D eigenvalue weighted by molar-refractivity contribution is 5.70. The summed E-state index contributed by atoms with van der Waals surface area (Å²) in [5, 5.41) is 9.57. The highest BCUT2D eigenvalue weighted by Crippen LogP contribution is 2.13. The lowest BCUT2D eigenvalue weighted by Gasteiger charge is -2.15. The van der Waals surface area contributed by atoms with E-state index in [4.69, 9.17) is 9.47 Å². The molecule has 0 aromatic heterocycles. The third-order valence-corrected chi connectivity index (χ3v) is 8.67. The molecule has 1 unspecified atom stereocenters. The van der Waals surface area contributed by atoms with Crippen LogP contribution in [0.1, 0.15) is 181 Å². The third kappa shape index (κ3) is 39.9. The van der Waals surface area contributed by atoms with Crippen LogP contribution in [0.25, 0.3) is 0 Å². The summed E-state index contributed by atoms with van der Waals surface area (Å²) in [6.07, 6.45) is 58.0. The number of rotatable bonds is 37. The number of aliphatic hydroxyl groups excluding tert-OH is 1. The molecule has 0 saturated carbocycles. The smallest absolute Gasteiger partial charge is 0.306 e. The molecule has 0 saturated heterocycles. The lowest BCUT2D eigenvalue weighted by Crippen LogP contribution is -2.28. The van der Waals surface area contributed by atoms with E-state index in [0.29, 0.717) is 12.8 Å². The molecule has 296 valence electrons. The van der Waals surface area contributed by atoms with E-state index in [9.17, 15) is 14.7 Å². The molecule has 52 heavy (non-hydrogen) atoms. The summed E-state index contributed by atoms with van der Waals surface area (Å²) in [6.45, 7) is 4.01. The standard InChI is InChI=1S/C47H78O5/c1-3-5-7-9-11-13-15-17-19-21-23-25-27-29-31-33-35-37-39-41-46(49)51-44-45(43-48)52-47(50)42-40-38-36-34-32-30-28-26-24-22-20-18-16-14-12-10-8-6-4-2/h11-14,17-20,23,25,29,31,35,37,45,48H,3-10,15-16,21-22,24,26-28,30,32-34,36,38-44H2,1-2H3. The summed E-state index contributed by atoms with van der Waals surface area (Å²) >= 11 is 0. The van der Waals surface area contributed by atoms with Gasteiger partial charge in [0.25, 0.3) is 0 Å². The lowest BCUT2D eigenvalue weighted by molar-refractivity contribution is -0.161. The van der Waals surface area contributed by atoms with Gasteiger partial charge in [-0.05, 0) is 83.5 Å². The number of hydrogen-bond acceptors (Lipinski definition) is 5. The highest BCUT2D eigenvalue weighted by Gasteiger charge is 2.15. The van der Waals surface area contributed by atoms with Crippen LogP contribution >= 0.6 is 0 Å². The molecule has 0 heterocycles. The van der Waals surface area contributed by atoms with Gasteiger partial charge in [-0.1, -0.05) is 170 Å². The topological polar surface area (TPSA) is 72.8 Å². The number of ether oxygens (including phenoxy) is 2. The van der Waals surface area contributed by atoms with E-state index in [-0.39, 0.29) is 31.6 Å². The molecule has 1 atom stereocenters. The molecule has 0 amide bonds. The third-order valence-electron chi connectivity index (χ3n) is 8.67. The molecule has 0 fully saturated rings. The Hall–Kier alpha value is -2.92. The summed E-state index contributed by atoms with van der Waals surface area (Å²) in [6, 6.07) is 0. The molecule has 0 aromatic carbocycles. The summed E-state index contributed by atoms with van der Waals surface area (Å²) in [4.78, 5) is 24.3. The highest BCUT2D eigenvalue weighted by atomic mass is 16.6. The maximum atomic E-state index is 12.2. The van der Waals surface area contributed by atoms with Crippen LogP contribution in [0.15, 0.2) is 85.1 Å². The van der Waals surface area contributed by atoms with Gasteiger partial charge in [0.05, 0.1) is 6.61 Å². The average molecular weight is 723 g/mol. The summed E-state index contributed by atoms with van der Waals surface area (Å²) in [7, 11) is 0. The van der Waals surface area contributed by atoms with E-state index in [2.05, 4.69) is 86.8 Å². The van der Waals surface area contributed by atoms with Crippen molar-refractivity contribution in [1.82, 2.24) is 0 Å². The van der Waals surface area contributed by atoms with Crippen LogP contribution in [0.5, 0.6) is 0 Å². The molecule has 5 nitrogen and oxygen atoms in total. The molecule has 0 rings (SSSR count). The van der Waals surface area contributed by atoms with Crippen LogP contribution in [-0.2, 0) is 19.1 Å². The van der Waals surface area contributed by atoms with E-state index < -0.39 is 6.10 Å². The Labute approximate surface area is 320 Å². The van der Waals surface area contributed by atoms with E-state index in [1.807, 2.05) is 12.2 Å². The summed E-state index contributed by atoms with van der Waals surface area (Å²) in [5.74, 6) is -0.697. The van der Waals surface area contributed by atoms with Crippen LogP contribution in [-0.4, -0.2) is 36.4 Å². The number of esters is 2. The van der Waals surface area contributed by atoms with Gasteiger partial charge in [-0.2, -0.15) is 0 Å². The Morgan fingerprint density at radius 3 is 1.23 bits per heavy atom. The second-order valence-electron chi connectivity index (χ2n) is 13.7. The first-order chi connectivity index (χ1) is 25.6. The first kappa shape index (κ1) is 49.1. The van der Waals surface area contributed by atoms with Crippen molar-refractivity contribution in [3.05, 3.63) is 85.1 Å². The Morgan fingerprint density at radius 2 is 0.808 bits per heavy atom. The van der Waals surface area contributed by atoms with Gasteiger partial charge in [0.15, 0.2) is 6.10 Å². The number of carbonyl (C=O) groups excluding carboxylic acids is 2. The van der Waals surface area contributed by atoms with Gasteiger partial charge in [0, 0.05) is 12.8 Å².